The van der Waals surface area contributed by atoms with E-state index >= 15 is 0 Å². The fourth-order valence-electron chi connectivity index (χ4n) is 1.16. The number of unbranched alkanes of at least 4 members (excludes halogenated alkanes) is 1. The topological polar surface area (TPSA) is 92.2 Å². The number of imidazole rings is 1. The maximum atomic E-state index is 8.24. The molecule has 94 valence electrons. The van der Waals surface area contributed by atoms with Crippen LogP contribution >= 0.6 is 0 Å². The number of aromatic nitrogens is 2. The Morgan fingerprint density at radius 3 is 2.41 bits per heavy atom. The maximum Gasteiger partial charge on any atom is 0.283 e. The summed E-state index contributed by atoms with van der Waals surface area (Å²) in [6, 6.07) is 0. The van der Waals surface area contributed by atoms with Crippen molar-refractivity contribution < 1.29 is 14.5 Å². The minimum absolute atomic E-state index is 0.500. The van der Waals surface area contributed by atoms with Crippen LogP contribution in [0.25, 0.3) is 5.41 Å². The monoisotopic (exact) mass is 238 g/mol. The van der Waals surface area contributed by atoms with Gasteiger partial charge in [-0.2, -0.15) is 5.26 Å². The molecule has 6 heteroatoms. The van der Waals surface area contributed by atoms with E-state index in [4.69, 9.17) is 20.6 Å². The highest BCUT2D eigenvalue weighted by Crippen LogP contribution is 1.96. The zero-order chi connectivity index (χ0) is 13.7. The number of nitriles is 1. The molecule has 0 amide bonds. The Morgan fingerprint density at radius 1 is 1.65 bits per heavy atom. The Bertz CT molecular complexity index is 373. The first kappa shape index (κ1) is 17.3. The molecule has 0 aliphatic heterocycles. The molecule has 0 aromatic carbocycles. The molecule has 1 heterocycles. The lowest BCUT2D eigenvalue weighted by Gasteiger charge is -1.95. The minimum Gasteiger partial charge on any atom is -0.724 e. The normalized spacial score (nSPS) is 7.65. The second kappa shape index (κ2) is 12.0. The fourth-order valence-corrected chi connectivity index (χ4v) is 1.16. The summed E-state index contributed by atoms with van der Waals surface area (Å²) in [5.41, 5.74) is 0. The highest BCUT2D eigenvalue weighted by Gasteiger charge is 2.06. The molecule has 0 aliphatic carbocycles. The third-order valence-electron chi connectivity index (χ3n) is 2.15. The van der Waals surface area contributed by atoms with Crippen LogP contribution in [-0.2, 0) is 18.4 Å². The van der Waals surface area contributed by atoms with Crippen molar-refractivity contribution >= 4 is 6.08 Å². The number of isocyanates is 1. The van der Waals surface area contributed by atoms with Crippen LogP contribution in [0.15, 0.2) is 12.4 Å². The van der Waals surface area contributed by atoms with E-state index in [1.54, 1.807) is 0 Å². The minimum atomic E-state index is 0.500. The van der Waals surface area contributed by atoms with E-state index in [0.29, 0.717) is 6.08 Å². The van der Waals surface area contributed by atoms with Gasteiger partial charge in [-0.05, 0) is 12.5 Å². The van der Waals surface area contributed by atoms with Crippen molar-refractivity contribution in [2.75, 3.05) is 0 Å². The van der Waals surface area contributed by atoms with Crippen LogP contribution in [0.5, 0.6) is 0 Å². The second-order valence-electron chi connectivity index (χ2n) is 3.19. The molecular weight excluding hydrogens is 220 g/mol. The van der Waals surface area contributed by atoms with Crippen LogP contribution < -0.4 is 4.57 Å². The standard InChI is InChI=1S/C9H17N2.CHNO.CNO/c1-4-5-6-11-8-7-10(3)9(11)2;2*2-1-3/h7-8H,4-6H2,1-3H3;3H;/q+1;;-1. The van der Waals surface area contributed by atoms with Crippen LogP contribution in [0.2, 0.25) is 0 Å². The van der Waals surface area contributed by atoms with Crippen molar-refractivity contribution in [1.82, 2.24) is 4.57 Å². The number of nitrogens with zero attached hydrogens (tertiary/aromatic N) is 4. The van der Waals surface area contributed by atoms with Crippen molar-refractivity contribution in [3.63, 3.8) is 0 Å². The number of aliphatic hydroxyl groups is 1. The van der Waals surface area contributed by atoms with Gasteiger partial charge in [0.1, 0.15) is 12.4 Å². The van der Waals surface area contributed by atoms with Gasteiger partial charge in [-0.25, -0.2) is 9.13 Å². The molecule has 17 heavy (non-hydrogen) atoms. The third-order valence-corrected chi connectivity index (χ3v) is 2.15. The lowest BCUT2D eigenvalue weighted by Crippen LogP contribution is -2.29. The number of aliphatic hydroxyl groups excluding tert-OH is 1. The van der Waals surface area contributed by atoms with Crippen molar-refractivity contribution in [2.45, 2.75) is 33.2 Å². The first-order valence-corrected chi connectivity index (χ1v) is 5.14. The Labute approximate surface area is 101 Å². The summed E-state index contributed by atoms with van der Waals surface area (Å²) in [7, 11) is 2.08. The number of aryl methyl sites for hydroxylation is 2. The number of rotatable bonds is 3. The predicted octanol–water partition coefficient (Wildman–Crippen LogP) is 1.15. The molecule has 1 aromatic rings. The van der Waals surface area contributed by atoms with Gasteiger partial charge in [-0.15, -0.1) is 0 Å². The van der Waals surface area contributed by atoms with Crippen LogP contribution in [0.1, 0.15) is 25.6 Å². The molecule has 1 rings (SSSR count). The van der Waals surface area contributed by atoms with E-state index in [-0.39, 0.29) is 0 Å². The first-order valence-electron chi connectivity index (χ1n) is 5.14. The molecule has 0 bridgehead atoms. The third kappa shape index (κ3) is 8.85. The predicted molar refractivity (Wildman–Crippen MR) is 61.9 cm³/mol. The first-order chi connectivity index (χ1) is 8.08. The maximum absolute atomic E-state index is 8.24. The summed E-state index contributed by atoms with van der Waals surface area (Å²) >= 11 is 0. The highest BCUT2D eigenvalue weighted by atomic mass is 16.2. The summed E-state index contributed by atoms with van der Waals surface area (Å²) in [6.07, 6.45) is 8.03. The summed E-state index contributed by atoms with van der Waals surface area (Å²) in [6.45, 7) is 5.53. The molecule has 0 saturated carbocycles. The van der Waals surface area contributed by atoms with E-state index in [2.05, 4.69) is 42.4 Å². The summed E-state index contributed by atoms with van der Waals surface area (Å²) < 4.78 is 4.44. The Balaban J connectivity index is 0. The van der Waals surface area contributed by atoms with Gasteiger partial charge in [0.25, 0.3) is 12.1 Å². The van der Waals surface area contributed by atoms with E-state index in [1.165, 1.54) is 18.7 Å². The molecule has 1 aromatic heterocycles. The zero-order valence-electron chi connectivity index (χ0n) is 10.4. The molecule has 0 saturated heterocycles. The SMILES string of the molecule is CCCCn1cc[n+](C)c1C.N#CO.[N-]=C=O. The fraction of sp³-hybridized carbons (Fsp3) is 0.545. The Kier molecular flexibility index (Phi) is 12.1. The van der Waals surface area contributed by atoms with Crippen molar-refractivity contribution in [3.8, 4) is 6.26 Å². The summed E-state index contributed by atoms with van der Waals surface area (Å²) in [5, 5.41) is 20.5. The van der Waals surface area contributed by atoms with Gasteiger partial charge in [-0.3, -0.25) is 4.79 Å². The van der Waals surface area contributed by atoms with E-state index < -0.39 is 0 Å². The molecule has 0 aliphatic rings. The zero-order valence-corrected chi connectivity index (χ0v) is 10.4. The highest BCUT2D eigenvalue weighted by molar-refractivity contribution is 5.36. The van der Waals surface area contributed by atoms with E-state index in [9.17, 15) is 0 Å². The van der Waals surface area contributed by atoms with Crippen molar-refractivity contribution in [3.05, 3.63) is 23.6 Å². The van der Waals surface area contributed by atoms with Crippen LogP contribution in [-0.4, -0.2) is 15.8 Å². The van der Waals surface area contributed by atoms with Crippen LogP contribution in [0.3, 0.4) is 0 Å². The smallest absolute Gasteiger partial charge is 0.283 e. The lowest BCUT2D eigenvalue weighted by atomic mass is 10.3. The molecule has 0 unspecified atom stereocenters. The molecule has 6 nitrogen and oxygen atoms in total. The van der Waals surface area contributed by atoms with Crippen molar-refractivity contribution in [2.24, 2.45) is 7.05 Å². The van der Waals surface area contributed by atoms with Gasteiger partial charge in [0.2, 0.25) is 0 Å². The Hall–Kier alpha value is -2.12. The Morgan fingerprint density at radius 2 is 2.12 bits per heavy atom. The van der Waals surface area contributed by atoms with Crippen LogP contribution in [0, 0.1) is 18.4 Å². The average Bonchev–Trinajstić information content (AvgIpc) is 2.60. The molecule has 0 fully saturated rings. The van der Waals surface area contributed by atoms with Gasteiger partial charge in [0.05, 0.1) is 13.6 Å². The molecule has 0 radical (unpaired) electrons. The summed E-state index contributed by atoms with van der Waals surface area (Å²) in [5.74, 6) is 1.33. The van der Waals surface area contributed by atoms with Gasteiger partial charge < -0.3 is 10.5 Å². The van der Waals surface area contributed by atoms with Gasteiger partial charge in [0.15, 0.2) is 0 Å². The number of carbonyl (C=O) groups excluding carboxylic acids is 1. The molecule has 1 N–H and O–H groups in total. The number of hydrogen-bond acceptors (Lipinski definition) is 3. The molecule has 0 atom stereocenters. The van der Waals surface area contributed by atoms with E-state index in [1.807, 2.05) is 0 Å². The van der Waals surface area contributed by atoms with E-state index in [0.717, 1.165) is 12.8 Å². The van der Waals surface area contributed by atoms with Crippen molar-refractivity contribution in [1.29, 1.82) is 5.26 Å². The molecule has 0 spiro atoms. The van der Waals surface area contributed by atoms with Gasteiger partial charge in [0, 0.05) is 6.92 Å². The second-order valence-corrected chi connectivity index (χ2v) is 3.19. The van der Waals surface area contributed by atoms with Gasteiger partial charge in [-0.1, -0.05) is 13.3 Å². The average molecular weight is 238 g/mol. The quantitative estimate of drug-likeness (QED) is 0.370. The number of hydrogen-bond donors (Lipinski definition) is 1. The van der Waals surface area contributed by atoms with Gasteiger partial charge >= 0.3 is 0 Å². The largest absolute Gasteiger partial charge is 0.724 e. The van der Waals surface area contributed by atoms with Crippen LogP contribution in [0.4, 0.5) is 0 Å². The lowest BCUT2D eigenvalue weighted by molar-refractivity contribution is -0.677. The summed E-state index contributed by atoms with van der Waals surface area (Å²) in [4.78, 5) is 8.24. The molecular formula is C11H18N4O2.